The van der Waals surface area contributed by atoms with Gasteiger partial charge in [-0.15, -0.1) is 0 Å². The second-order valence-electron chi connectivity index (χ2n) is 8.76. The van der Waals surface area contributed by atoms with Gasteiger partial charge in [0.2, 0.25) is 0 Å². The summed E-state index contributed by atoms with van der Waals surface area (Å²) in [6.07, 6.45) is 1.69. The Bertz CT molecular complexity index is 1370. The number of amides is 1. The van der Waals surface area contributed by atoms with Gasteiger partial charge in [0.1, 0.15) is 23.7 Å². The second kappa shape index (κ2) is 9.75. The number of benzene rings is 3. The van der Waals surface area contributed by atoms with Crippen LogP contribution in [0.15, 0.2) is 42.5 Å². The summed E-state index contributed by atoms with van der Waals surface area (Å²) in [5, 5.41) is 13.0. The normalized spacial score (nSPS) is 18.5. The van der Waals surface area contributed by atoms with Crippen LogP contribution >= 0.6 is 46.4 Å². The summed E-state index contributed by atoms with van der Waals surface area (Å²) in [6.45, 7) is 0. The predicted octanol–water partition coefficient (Wildman–Crippen LogP) is 7.17. The standard InChI is InChI=1S/C26H18Cl4FNO4/c27-15-2-1-3-16(28)23(15)25(33)32-19(26(34)35)8-11-4-5-14(22-17(29)9-12(31)10-18(22)30)24-21(11)13-6-7-20(13)36-24/h1-5,9-10,13,19-20H,6-8H2,(H,32,33)(H,34,35)/t13?,19-,20?/m0/s1. The lowest BCUT2D eigenvalue weighted by atomic mass is 9.76. The van der Waals surface area contributed by atoms with E-state index in [1.807, 2.05) is 0 Å². The van der Waals surface area contributed by atoms with Gasteiger partial charge in [0.25, 0.3) is 5.91 Å². The van der Waals surface area contributed by atoms with Crippen molar-refractivity contribution in [1.82, 2.24) is 5.32 Å². The Morgan fingerprint density at radius 3 is 2.28 bits per heavy atom. The molecule has 186 valence electrons. The summed E-state index contributed by atoms with van der Waals surface area (Å²) in [6, 6.07) is 9.22. The Morgan fingerprint density at radius 1 is 1.03 bits per heavy atom. The maximum Gasteiger partial charge on any atom is 0.326 e. The summed E-state index contributed by atoms with van der Waals surface area (Å²) in [4.78, 5) is 25.0. The van der Waals surface area contributed by atoms with Crippen LogP contribution in [0.3, 0.4) is 0 Å². The minimum atomic E-state index is -1.25. The molecule has 1 aliphatic carbocycles. The predicted molar refractivity (Wildman–Crippen MR) is 137 cm³/mol. The molecule has 1 aliphatic heterocycles. The molecular weight excluding hydrogens is 551 g/mol. The quantitative estimate of drug-likeness (QED) is 0.330. The molecule has 3 aromatic carbocycles. The number of hydrogen-bond acceptors (Lipinski definition) is 3. The smallest absolute Gasteiger partial charge is 0.326 e. The second-order valence-corrected chi connectivity index (χ2v) is 10.4. The maximum absolute atomic E-state index is 13.8. The van der Waals surface area contributed by atoms with E-state index in [0.717, 1.165) is 18.4 Å². The Hall–Kier alpha value is -2.51. The number of halogens is 5. The third-order valence-corrected chi connectivity index (χ3v) is 7.86. The van der Waals surface area contributed by atoms with Gasteiger partial charge in [-0.25, -0.2) is 9.18 Å². The topological polar surface area (TPSA) is 75.6 Å². The fraction of sp³-hybridized carbons (Fsp3) is 0.231. The van der Waals surface area contributed by atoms with Gasteiger partial charge in [-0.05, 0) is 42.7 Å². The number of carbonyl (C=O) groups is 2. The number of fused-ring (bicyclic) bond motifs is 3. The molecule has 1 amide bonds. The molecule has 5 nitrogen and oxygen atoms in total. The first-order valence-corrected chi connectivity index (χ1v) is 12.6. The van der Waals surface area contributed by atoms with E-state index >= 15 is 0 Å². The number of rotatable bonds is 6. The van der Waals surface area contributed by atoms with E-state index in [4.69, 9.17) is 51.1 Å². The van der Waals surface area contributed by atoms with E-state index in [9.17, 15) is 19.1 Å². The third-order valence-electron chi connectivity index (χ3n) is 6.63. The summed E-state index contributed by atoms with van der Waals surface area (Å²) in [7, 11) is 0. The van der Waals surface area contributed by atoms with Crippen LogP contribution in [0.5, 0.6) is 5.75 Å². The molecule has 1 fully saturated rings. The number of carboxylic acid groups (broad SMARTS) is 1. The van der Waals surface area contributed by atoms with Gasteiger partial charge in [-0.2, -0.15) is 0 Å². The lowest BCUT2D eigenvalue weighted by Gasteiger charge is -2.29. The van der Waals surface area contributed by atoms with Gasteiger partial charge in [-0.1, -0.05) is 64.6 Å². The van der Waals surface area contributed by atoms with E-state index < -0.39 is 23.7 Å². The number of carbonyl (C=O) groups excluding carboxylic acids is 1. The zero-order valence-corrected chi connectivity index (χ0v) is 21.5. The van der Waals surface area contributed by atoms with E-state index in [2.05, 4.69) is 5.32 Å². The average molecular weight is 569 g/mol. The first-order chi connectivity index (χ1) is 17.2. The molecule has 0 bridgehead atoms. The molecule has 1 heterocycles. The van der Waals surface area contributed by atoms with Gasteiger partial charge in [0.15, 0.2) is 0 Å². The molecule has 1 saturated carbocycles. The van der Waals surface area contributed by atoms with Crippen LogP contribution in [0.1, 0.15) is 40.2 Å². The minimum absolute atomic E-state index is 0.00319. The van der Waals surface area contributed by atoms with Gasteiger partial charge >= 0.3 is 5.97 Å². The summed E-state index contributed by atoms with van der Waals surface area (Å²) in [5.41, 5.74) is 2.64. The molecule has 0 spiro atoms. The SMILES string of the molecule is O=C(N[C@@H](Cc1ccc(-c2c(Cl)cc(F)cc2Cl)c2c1C1CCC1O2)C(=O)O)c1c(Cl)cccc1Cl. The number of ether oxygens (including phenoxy) is 1. The molecule has 0 saturated heterocycles. The summed E-state index contributed by atoms with van der Waals surface area (Å²) >= 11 is 24.9. The van der Waals surface area contributed by atoms with Crippen LogP contribution in [-0.4, -0.2) is 29.1 Å². The summed E-state index contributed by atoms with van der Waals surface area (Å²) in [5.74, 6) is -1.82. The lowest BCUT2D eigenvalue weighted by molar-refractivity contribution is -0.139. The highest BCUT2D eigenvalue weighted by molar-refractivity contribution is 6.40. The monoisotopic (exact) mass is 567 g/mol. The molecule has 10 heteroatoms. The van der Waals surface area contributed by atoms with Crippen LogP contribution in [0.4, 0.5) is 4.39 Å². The maximum atomic E-state index is 13.8. The number of carboxylic acids is 1. The Balaban J connectivity index is 1.51. The van der Waals surface area contributed by atoms with Crippen LogP contribution in [-0.2, 0) is 11.2 Å². The zero-order valence-electron chi connectivity index (χ0n) is 18.5. The molecule has 2 aliphatic rings. The first-order valence-electron chi connectivity index (χ1n) is 11.1. The van der Waals surface area contributed by atoms with Crippen molar-refractivity contribution in [2.75, 3.05) is 0 Å². The highest BCUT2D eigenvalue weighted by Crippen LogP contribution is 2.55. The van der Waals surface area contributed by atoms with E-state index in [1.165, 1.54) is 24.3 Å². The molecule has 3 atom stereocenters. The Morgan fingerprint density at radius 2 is 1.69 bits per heavy atom. The van der Waals surface area contributed by atoms with Crippen LogP contribution in [0, 0.1) is 5.82 Å². The van der Waals surface area contributed by atoms with Crippen LogP contribution in [0.2, 0.25) is 20.1 Å². The van der Waals surface area contributed by atoms with Gasteiger partial charge < -0.3 is 15.2 Å². The molecule has 2 N–H and O–H groups in total. The third kappa shape index (κ3) is 4.41. The summed E-state index contributed by atoms with van der Waals surface area (Å²) < 4.78 is 20.0. The van der Waals surface area contributed by atoms with Crippen molar-refractivity contribution in [2.45, 2.75) is 37.3 Å². The Labute approximate surface area is 226 Å². The first kappa shape index (κ1) is 25.2. The van der Waals surface area contributed by atoms with Gasteiger partial charge in [0, 0.05) is 29.0 Å². The molecule has 0 radical (unpaired) electrons. The molecular formula is C26H18Cl4FNO4. The lowest BCUT2D eigenvalue weighted by Crippen LogP contribution is -2.42. The van der Waals surface area contributed by atoms with Crippen molar-refractivity contribution in [3.8, 4) is 16.9 Å². The van der Waals surface area contributed by atoms with Crippen molar-refractivity contribution in [3.63, 3.8) is 0 Å². The molecule has 36 heavy (non-hydrogen) atoms. The highest BCUT2D eigenvalue weighted by atomic mass is 35.5. The van der Waals surface area contributed by atoms with Crippen molar-refractivity contribution in [1.29, 1.82) is 0 Å². The molecule has 2 unspecified atom stereocenters. The number of aliphatic carboxylic acids is 1. The number of hydrogen-bond donors (Lipinski definition) is 2. The highest BCUT2D eigenvalue weighted by Gasteiger charge is 2.44. The van der Waals surface area contributed by atoms with Crippen molar-refractivity contribution >= 4 is 58.3 Å². The van der Waals surface area contributed by atoms with E-state index in [-0.39, 0.29) is 44.1 Å². The van der Waals surface area contributed by atoms with E-state index in [1.54, 1.807) is 18.2 Å². The molecule has 5 rings (SSSR count). The van der Waals surface area contributed by atoms with Crippen molar-refractivity contribution in [2.24, 2.45) is 0 Å². The molecule has 3 aromatic rings. The van der Waals surface area contributed by atoms with Gasteiger partial charge in [-0.3, -0.25) is 4.79 Å². The van der Waals surface area contributed by atoms with E-state index in [0.29, 0.717) is 22.4 Å². The minimum Gasteiger partial charge on any atom is -0.489 e. The molecule has 0 aromatic heterocycles. The Kier molecular flexibility index (Phi) is 6.81. The fourth-order valence-corrected chi connectivity index (χ4v) is 6.04. The zero-order chi connectivity index (χ0) is 25.7. The number of nitrogens with one attached hydrogen (secondary N) is 1. The average Bonchev–Trinajstić information content (AvgIpc) is 3.04. The van der Waals surface area contributed by atoms with Crippen molar-refractivity contribution < 1.29 is 23.8 Å². The fourth-order valence-electron chi connectivity index (χ4n) is 4.81. The van der Waals surface area contributed by atoms with Crippen LogP contribution < -0.4 is 10.1 Å². The van der Waals surface area contributed by atoms with Crippen molar-refractivity contribution in [3.05, 3.63) is 85.1 Å². The largest absolute Gasteiger partial charge is 0.489 e. The van der Waals surface area contributed by atoms with Gasteiger partial charge in [0.05, 0.1) is 25.7 Å². The van der Waals surface area contributed by atoms with Crippen LogP contribution in [0.25, 0.3) is 11.1 Å².